The molecule has 0 aromatic carbocycles. The van der Waals surface area contributed by atoms with Gasteiger partial charge in [-0.1, -0.05) is 6.92 Å². The van der Waals surface area contributed by atoms with Gasteiger partial charge in [0, 0.05) is 50.7 Å². The topological polar surface area (TPSA) is 32.3 Å². The van der Waals surface area contributed by atoms with E-state index in [0.717, 1.165) is 23.9 Å². The van der Waals surface area contributed by atoms with Gasteiger partial charge in [0.2, 0.25) is 5.28 Å². The highest BCUT2D eigenvalue weighted by Crippen LogP contribution is 2.31. The van der Waals surface area contributed by atoms with Crippen molar-refractivity contribution in [1.29, 1.82) is 0 Å². The van der Waals surface area contributed by atoms with Crippen LogP contribution >= 0.6 is 11.6 Å². The Morgan fingerprint density at radius 1 is 1.11 bits per heavy atom. The summed E-state index contributed by atoms with van der Waals surface area (Å²) in [6, 6.07) is 0. The maximum absolute atomic E-state index is 5.70. The molecule has 18 heavy (non-hydrogen) atoms. The van der Waals surface area contributed by atoms with Crippen LogP contribution in [0.3, 0.4) is 0 Å². The first kappa shape index (κ1) is 12.3. The summed E-state index contributed by atoms with van der Waals surface area (Å²) < 4.78 is 0. The molecule has 5 heteroatoms. The molecule has 2 aliphatic rings. The predicted molar refractivity (Wildman–Crippen MR) is 71.4 cm³/mol. The summed E-state index contributed by atoms with van der Waals surface area (Å²) >= 11 is 5.70. The van der Waals surface area contributed by atoms with Crippen LogP contribution in [-0.4, -0.2) is 52.5 Å². The summed E-state index contributed by atoms with van der Waals surface area (Å²) in [7, 11) is 0. The van der Waals surface area contributed by atoms with E-state index in [4.69, 9.17) is 11.6 Å². The fourth-order valence-corrected chi connectivity index (χ4v) is 3.35. The zero-order chi connectivity index (χ0) is 12.5. The third-order valence-electron chi connectivity index (χ3n) is 4.16. The molecule has 0 N–H and O–H groups in total. The lowest BCUT2D eigenvalue weighted by Gasteiger charge is -2.20. The summed E-state index contributed by atoms with van der Waals surface area (Å²) in [5.74, 6) is 1.72. The summed E-state index contributed by atoms with van der Waals surface area (Å²) in [6.07, 6.45) is 3.67. The van der Waals surface area contributed by atoms with E-state index >= 15 is 0 Å². The molecule has 98 valence electrons. The van der Waals surface area contributed by atoms with Crippen molar-refractivity contribution in [2.45, 2.75) is 13.5 Å². The Morgan fingerprint density at radius 3 is 2.22 bits per heavy atom. The lowest BCUT2D eigenvalue weighted by molar-refractivity contribution is 0.256. The van der Waals surface area contributed by atoms with Crippen LogP contribution in [0.1, 0.15) is 12.5 Å². The quantitative estimate of drug-likeness (QED) is 0.777. The van der Waals surface area contributed by atoms with Crippen molar-refractivity contribution in [3.8, 4) is 0 Å². The van der Waals surface area contributed by atoms with E-state index in [0.29, 0.717) is 5.28 Å². The number of fused-ring (bicyclic) bond motifs is 1. The van der Waals surface area contributed by atoms with Crippen molar-refractivity contribution in [1.82, 2.24) is 19.8 Å². The molecule has 4 nitrogen and oxygen atoms in total. The van der Waals surface area contributed by atoms with E-state index in [1.54, 1.807) is 0 Å². The van der Waals surface area contributed by atoms with Gasteiger partial charge in [-0.25, -0.2) is 9.97 Å². The van der Waals surface area contributed by atoms with Crippen LogP contribution in [0.25, 0.3) is 0 Å². The standard InChI is InChI=1S/C13H19ClN4/c1-2-17-6-11-8-18(9-12(11)7-17)5-10-3-15-13(14)16-4-10/h3-4,11-12H,2,5-9H2,1H3/t11-,12?/m0/s1. The van der Waals surface area contributed by atoms with Gasteiger partial charge in [-0.15, -0.1) is 0 Å². The monoisotopic (exact) mass is 266 g/mol. The van der Waals surface area contributed by atoms with E-state index in [1.807, 2.05) is 12.4 Å². The molecule has 1 unspecified atom stereocenters. The fourth-order valence-electron chi connectivity index (χ4n) is 3.25. The minimum absolute atomic E-state index is 0.329. The summed E-state index contributed by atoms with van der Waals surface area (Å²) in [5.41, 5.74) is 1.16. The molecule has 2 fully saturated rings. The number of hydrogen-bond donors (Lipinski definition) is 0. The Balaban J connectivity index is 1.56. The van der Waals surface area contributed by atoms with Crippen LogP contribution in [-0.2, 0) is 6.54 Å². The minimum Gasteiger partial charge on any atom is -0.303 e. The van der Waals surface area contributed by atoms with E-state index in [-0.39, 0.29) is 0 Å². The minimum atomic E-state index is 0.329. The van der Waals surface area contributed by atoms with E-state index in [2.05, 4.69) is 26.7 Å². The third kappa shape index (κ3) is 2.51. The highest BCUT2D eigenvalue weighted by molar-refractivity contribution is 6.28. The lowest BCUT2D eigenvalue weighted by atomic mass is 10.0. The summed E-state index contributed by atoms with van der Waals surface area (Å²) in [5, 5.41) is 0.329. The Hall–Kier alpha value is -0.710. The van der Waals surface area contributed by atoms with Gasteiger partial charge in [-0.05, 0) is 30.0 Å². The average molecular weight is 267 g/mol. The normalized spacial score (nSPS) is 28.8. The van der Waals surface area contributed by atoms with E-state index in [9.17, 15) is 0 Å². The zero-order valence-electron chi connectivity index (χ0n) is 10.7. The lowest BCUT2D eigenvalue weighted by Crippen LogP contribution is -2.28. The molecule has 0 aliphatic carbocycles. The van der Waals surface area contributed by atoms with Crippen molar-refractivity contribution < 1.29 is 0 Å². The van der Waals surface area contributed by atoms with Gasteiger partial charge in [0.1, 0.15) is 0 Å². The number of nitrogens with zero attached hydrogens (tertiary/aromatic N) is 4. The van der Waals surface area contributed by atoms with Gasteiger partial charge in [0.15, 0.2) is 0 Å². The fraction of sp³-hybridized carbons (Fsp3) is 0.692. The molecular weight excluding hydrogens is 248 g/mol. The molecule has 0 bridgehead atoms. The molecule has 2 atom stereocenters. The highest BCUT2D eigenvalue weighted by Gasteiger charge is 2.39. The van der Waals surface area contributed by atoms with Gasteiger partial charge in [0.25, 0.3) is 0 Å². The molecular formula is C13H19ClN4. The van der Waals surface area contributed by atoms with Crippen molar-refractivity contribution in [2.75, 3.05) is 32.7 Å². The molecule has 3 rings (SSSR count). The maximum atomic E-state index is 5.70. The second kappa shape index (κ2) is 5.11. The van der Waals surface area contributed by atoms with Gasteiger partial charge in [-0.3, -0.25) is 4.90 Å². The molecule has 2 aliphatic heterocycles. The number of hydrogen-bond acceptors (Lipinski definition) is 4. The van der Waals surface area contributed by atoms with Crippen LogP contribution < -0.4 is 0 Å². The summed E-state index contributed by atoms with van der Waals surface area (Å²) in [4.78, 5) is 13.2. The zero-order valence-corrected chi connectivity index (χ0v) is 11.5. The number of rotatable bonds is 3. The highest BCUT2D eigenvalue weighted by atomic mass is 35.5. The molecule has 0 amide bonds. The van der Waals surface area contributed by atoms with E-state index < -0.39 is 0 Å². The number of likely N-dealkylation sites (tertiary alicyclic amines) is 2. The first-order chi connectivity index (χ1) is 8.74. The third-order valence-corrected chi connectivity index (χ3v) is 4.36. The van der Waals surface area contributed by atoms with Crippen molar-refractivity contribution in [3.63, 3.8) is 0 Å². The number of halogens is 1. The molecule has 2 saturated heterocycles. The Kier molecular flexibility index (Phi) is 3.50. The molecule has 0 saturated carbocycles. The van der Waals surface area contributed by atoms with Gasteiger partial charge >= 0.3 is 0 Å². The number of aromatic nitrogens is 2. The Bertz CT molecular complexity index is 394. The van der Waals surface area contributed by atoms with E-state index in [1.165, 1.54) is 32.7 Å². The summed E-state index contributed by atoms with van der Waals surface area (Å²) in [6.45, 7) is 9.37. The molecule has 0 spiro atoms. The molecule has 3 heterocycles. The first-order valence-electron chi connectivity index (χ1n) is 6.65. The van der Waals surface area contributed by atoms with Gasteiger partial charge in [-0.2, -0.15) is 0 Å². The second-order valence-corrected chi connectivity index (χ2v) is 5.76. The Labute approximate surface area is 113 Å². The Morgan fingerprint density at radius 2 is 1.67 bits per heavy atom. The van der Waals surface area contributed by atoms with Crippen molar-refractivity contribution >= 4 is 11.6 Å². The van der Waals surface area contributed by atoms with Gasteiger partial charge in [0.05, 0.1) is 0 Å². The molecule has 1 aromatic heterocycles. The molecule has 0 radical (unpaired) electrons. The SMILES string of the molecule is CCN1CC2CN(Cc3cnc(Cl)nc3)C[C@@H]2C1. The van der Waals surface area contributed by atoms with Crippen LogP contribution in [0.15, 0.2) is 12.4 Å². The van der Waals surface area contributed by atoms with Crippen molar-refractivity contribution in [3.05, 3.63) is 23.2 Å². The van der Waals surface area contributed by atoms with Crippen LogP contribution in [0.5, 0.6) is 0 Å². The predicted octanol–water partition coefficient (Wildman–Crippen LogP) is 1.51. The second-order valence-electron chi connectivity index (χ2n) is 5.43. The van der Waals surface area contributed by atoms with Crippen LogP contribution in [0.4, 0.5) is 0 Å². The van der Waals surface area contributed by atoms with Gasteiger partial charge < -0.3 is 4.90 Å². The first-order valence-corrected chi connectivity index (χ1v) is 7.03. The average Bonchev–Trinajstić information content (AvgIpc) is 2.89. The smallest absolute Gasteiger partial charge is 0.222 e. The largest absolute Gasteiger partial charge is 0.303 e. The van der Waals surface area contributed by atoms with Crippen LogP contribution in [0, 0.1) is 11.8 Å². The van der Waals surface area contributed by atoms with Crippen LogP contribution in [0.2, 0.25) is 5.28 Å². The molecule has 1 aromatic rings. The maximum Gasteiger partial charge on any atom is 0.222 e. The van der Waals surface area contributed by atoms with Crippen molar-refractivity contribution in [2.24, 2.45) is 11.8 Å².